The van der Waals surface area contributed by atoms with Crippen molar-refractivity contribution in [2.24, 2.45) is 0 Å². The first-order valence-corrected chi connectivity index (χ1v) is 9.35. The topological polar surface area (TPSA) is 84.0 Å². The summed E-state index contributed by atoms with van der Waals surface area (Å²) in [6.45, 7) is 7.91. The fraction of sp³-hybridized carbons (Fsp3) is 0.217. The third-order valence-electron chi connectivity index (χ3n) is 4.42. The van der Waals surface area contributed by atoms with Gasteiger partial charge in [0.25, 0.3) is 5.91 Å². The number of benzene rings is 2. The molecule has 6 nitrogen and oxygen atoms in total. The summed E-state index contributed by atoms with van der Waals surface area (Å²) in [5.41, 5.74) is 3.46. The van der Waals surface area contributed by atoms with Gasteiger partial charge in [-0.2, -0.15) is 0 Å². The predicted molar refractivity (Wildman–Crippen MR) is 115 cm³/mol. The maximum absolute atomic E-state index is 12.5. The molecule has 3 aromatic rings. The molecule has 29 heavy (non-hydrogen) atoms. The Hall–Kier alpha value is -3.54. The molecule has 0 saturated heterocycles. The molecule has 0 aliphatic heterocycles. The largest absolute Gasteiger partial charge is 0.324 e. The number of hydrogen-bond acceptors (Lipinski definition) is 5. The van der Waals surface area contributed by atoms with E-state index in [1.54, 1.807) is 24.3 Å². The van der Waals surface area contributed by atoms with Crippen LogP contribution in [0.15, 0.2) is 60.9 Å². The van der Waals surface area contributed by atoms with Crippen LogP contribution in [0.4, 0.5) is 17.3 Å². The number of carbonyl (C=O) groups is 2. The highest BCUT2D eigenvalue weighted by molar-refractivity contribution is 6.04. The monoisotopic (exact) mass is 388 g/mol. The van der Waals surface area contributed by atoms with Gasteiger partial charge in [-0.15, -0.1) is 0 Å². The molecule has 0 fully saturated rings. The second-order valence-corrected chi connectivity index (χ2v) is 7.81. The van der Waals surface area contributed by atoms with Crippen LogP contribution in [0.2, 0.25) is 0 Å². The minimum atomic E-state index is -0.340. The van der Waals surface area contributed by atoms with E-state index in [9.17, 15) is 9.59 Å². The Morgan fingerprint density at radius 2 is 1.59 bits per heavy atom. The van der Waals surface area contributed by atoms with Crippen LogP contribution in [-0.2, 0) is 5.41 Å². The molecule has 0 unspecified atom stereocenters. The van der Waals surface area contributed by atoms with E-state index in [1.807, 2.05) is 18.2 Å². The number of amides is 1. The number of hydrogen-bond donors (Lipinski definition) is 2. The average Bonchev–Trinajstić information content (AvgIpc) is 2.68. The van der Waals surface area contributed by atoms with Crippen LogP contribution >= 0.6 is 0 Å². The van der Waals surface area contributed by atoms with E-state index < -0.39 is 0 Å². The summed E-state index contributed by atoms with van der Waals surface area (Å²) in [6.07, 6.45) is 2.94. The van der Waals surface area contributed by atoms with Gasteiger partial charge in [0.2, 0.25) is 5.95 Å². The highest BCUT2D eigenvalue weighted by Gasteiger charge is 2.18. The van der Waals surface area contributed by atoms with Crippen LogP contribution in [0.25, 0.3) is 0 Å². The molecular weight excluding hydrogens is 364 g/mol. The van der Waals surface area contributed by atoms with Crippen molar-refractivity contribution in [3.05, 3.63) is 77.6 Å². The summed E-state index contributed by atoms with van der Waals surface area (Å²) in [5.74, 6) is 0.0135. The molecule has 0 aliphatic rings. The van der Waals surface area contributed by atoms with E-state index in [0.717, 1.165) is 11.3 Å². The third-order valence-corrected chi connectivity index (χ3v) is 4.42. The van der Waals surface area contributed by atoms with Gasteiger partial charge in [-0.25, -0.2) is 9.97 Å². The number of carbonyl (C=O) groups excluding carboxylic acids is 2. The number of anilines is 3. The van der Waals surface area contributed by atoms with Crippen LogP contribution < -0.4 is 10.6 Å². The molecule has 148 valence electrons. The molecule has 3 rings (SSSR count). The van der Waals surface area contributed by atoms with Gasteiger partial charge >= 0.3 is 0 Å². The number of nitrogens with zero attached hydrogens (tertiary/aromatic N) is 2. The molecular formula is C23H24N4O2. The second-order valence-electron chi connectivity index (χ2n) is 7.81. The highest BCUT2D eigenvalue weighted by atomic mass is 16.1. The van der Waals surface area contributed by atoms with Crippen LogP contribution in [-0.4, -0.2) is 21.7 Å². The SMILES string of the molecule is CC(=O)c1cccc(NC(=O)c2cnc(Nc3ccccc3C(C)(C)C)nc2)c1. The number of ketones is 1. The first-order valence-electron chi connectivity index (χ1n) is 9.35. The van der Waals surface area contributed by atoms with Crippen molar-refractivity contribution in [2.45, 2.75) is 33.1 Å². The fourth-order valence-corrected chi connectivity index (χ4v) is 2.90. The maximum atomic E-state index is 12.5. The molecule has 0 aliphatic carbocycles. The second kappa shape index (κ2) is 8.22. The van der Waals surface area contributed by atoms with E-state index in [1.165, 1.54) is 19.3 Å². The van der Waals surface area contributed by atoms with E-state index in [0.29, 0.717) is 22.8 Å². The molecule has 2 aromatic carbocycles. The summed E-state index contributed by atoms with van der Waals surface area (Å²) in [4.78, 5) is 32.5. The van der Waals surface area contributed by atoms with Crippen molar-refractivity contribution in [1.82, 2.24) is 9.97 Å². The Balaban J connectivity index is 1.73. The number of Topliss-reactive ketones (excluding diaryl/α,β-unsaturated/α-hetero) is 1. The molecule has 0 spiro atoms. The molecule has 2 N–H and O–H groups in total. The Bertz CT molecular complexity index is 1040. The van der Waals surface area contributed by atoms with Gasteiger partial charge < -0.3 is 10.6 Å². The van der Waals surface area contributed by atoms with Crippen molar-refractivity contribution in [3.8, 4) is 0 Å². The van der Waals surface area contributed by atoms with Crippen LogP contribution in [0.5, 0.6) is 0 Å². The maximum Gasteiger partial charge on any atom is 0.258 e. The smallest absolute Gasteiger partial charge is 0.258 e. The van der Waals surface area contributed by atoms with Crippen LogP contribution in [0, 0.1) is 0 Å². The van der Waals surface area contributed by atoms with Crippen molar-refractivity contribution >= 4 is 29.0 Å². The first-order chi connectivity index (χ1) is 13.7. The van der Waals surface area contributed by atoms with E-state index in [-0.39, 0.29) is 17.1 Å². The average molecular weight is 388 g/mol. The minimum Gasteiger partial charge on any atom is -0.324 e. The lowest BCUT2D eigenvalue weighted by molar-refractivity contribution is 0.101. The minimum absolute atomic E-state index is 0.0299. The van der Waals surface area contributed by atoms with Crippen molar-refractivity contribution in [1.29, 1.82) is 0 Å². The molecule has 0 radical (unpaired) electrons. The number of para-hydroxylation sites is 1. The molecule has 1 amide bonds. The summed E-state index contributed by atoms with van der Waals surface area (Å²) in [6, 6.07) is 14.8. The molecule has 0 atom stereocenters. The van der Waals surface area contributed by atoms with Gasteiger partial charge in [-0.05, 0) is 36.1 Å². The third kappa shape index (κ3) is 5.04. The van der Waals surface area contributed by atoms with Gasteiger partial charge in [0, 0.05) is 29.3 Å². The van der Waals surface area contributed by atoms with Crippen molar-refractivity contribution in [2.75, 3.05) is 10.6 Å². The van der Waals surface area contributed by atoms with Crippen LogP contribution in [0.1, 0.15) is 54.0 Å². The molecule has 0 bridgehead atoms. The Morgan fingerprint density at radius 1 is 0.897 bits per heavy atom. The summed E-state index contributed by atoms with van der Waals surface area (Å²) >= 11 is 0. The van der Waals surface area contributed by atoms with Crippen molar-refractivity contribution < 1.29 is 9.59 Å². The highest BCUT2D eigenvalue weighted by Crippen LogP contribution is 2.30. The number of aromatic nitrogens is 2. The molecule has 1 heterocycles. The zero-order valence-corrected chi connectivity index (χ0v) is 17.0. The normalized spacial score (nSPS) is 11.0. The summed E-state index contributed by atoms with van der Waals surface area (Å²) in [5, 5.41) is 5.98. The summed E-state index contributed by atoms with van der Waals surface area (Å²) in [7, 11) is 0. The lowest BCUT2D eigenvalue weighted by Gasteiger charge is -2.22. The van der Waals surface area contributed by atoms with Crippen LogP contribution in [0.3, 0.4) is 0 Å². The Labute approximate surface area is 170 Å². The predicted octanol–water partition coefficient (Wildman–Crippen LogP) is 4.97. The Morgan fingerprint density at radius 3 is 2.24 bits per heavy atom. The zero-order valence-electron chi connectivity index (χ0n) is 17.0. The van der Waals surface area contributed by atoms with Gasteiger partial charge in [0.15, 0.2) is 5.78 Å². The Kier molecular flexibility index (Phi) is 5.73. The van der Waals surface area contributed by atoms with Gasteiger partial charge in [0.05, 0.1) is 5.56 Å². The zero-order chi connectivity index (χ0) is 21.0. The standard InChI is InChI=1S/C23H24N4O2/c1-15(28)16-8-7-9-18(12-16)26-21(29)17-13-24-22(25-14-17)27-20-11-6-5-10-19(20)23(2,3)4/h5-14H,1-4H3,(H,26,29)(H,24,25,27). The molecule has 0 saturated carbocycles. The fourth-order valence-electron chi connectivity index (χ4n) is 2.90. The lowest BCUT2D eigenvalue weighted by atomic mass is 9.86. The van der Waals surface area contributed by atoms with E-state index in [2.05, 4.69) is 47.4 Å². The molecule has 1 aromatic heterocycles. The summed E-state index contributed by atoms with van der Waals surface area (Å²) < 4.78 is 0. The van der Waals surface area contributed by atoms with E-state index >= 15 is 0 Å². The molecule has 6 heteroatoms. The first kappa shape index (κ1) is 20.2. The number of rotatable bonds is 5. The number of nitrogens with one attached hydrogen (secondary N) is 2. The lowest BCUT2D eigenvalue weighted by Crippen LogP contribution is -2.15. The quantitative estimate of drug-likeness (QED) is 0.603. The van der Waals surface area contributed by atoms with Gasteiger partial charge in [0.1, 0.15) is 0 Å². The van der Waals surface area contributed by atoms with Gasteiger partial charge in [-0.3, -0.25) is 9.59 Å². The van der Waals surface area contributed by atoms with E-state index in [4.69, 9.17) is 0 Å². The van der Waals surface area contributed by atoms with Gasteiger partial charge in [-0.1, -0.05) is 51.1 Å². The van der Waals surface area contributed by atoms with Crippen molar-refractivity contribution in [3.63, 3.8) is 0 Å².